The van der Waals surface area contributed by atoms with Crippen LogP contribution in [0.25, 0.3) is 33.3 Å². The Kier molecular flexibility index (Phi) is 4.80. The molecule has 2 aromatic carbocycles. The molecule has 1 aliphatic rings. The third-order valence-corrected chi connectivity index (χ3v) is 6.19. The molecule has 0 bridgehead atoms. The zero-order valence-electron chi connectivity index (χ0n) is 17.9. The van der Waals surface area contributed by atoms with Gasteiger partial charge in [0.05, 0.1) is 0 Å². The van der Waals surface area contributed by atoms with Gasteiger partial charge in [-0.15, -0.1) is 0 Å². The molecular formula is C26H27N4. The van der Waals surface area contributed by atoms with Gasteiger partial charge in [-0.1, -0.05) is 18.2 Å². The summed E-state index contributed by atoms with van der Waals surface area (Å²) in [5, 5.41) is 1.14. The lowest BCUT2D eigenvalue weighted by atomic mass is 9.97. The molecule has 4 heteroatoms. The van der Waals surface area contributed by atoms with Crippen molar-refractivity contribution in [1.82, 2.24) is 14.9 Å². The highest BCUT2D eigenvalue weighted by molar-refractivity contribution is 5.95. The molecule has 1 radical (unpaired) electrons. The first-order chi connectivity index (χ1) is 14.6. The molecular weight excluding hydrogens is 368 g/mol. The molecule has 0 atom stereocenters. The van der Waals surface area contributed by atoms with Crippen LogP contribution in [0.3, 0.4) is 0 Å². The first-order valence-corrected chi connectivity index (χ1v) is 10.6. The van der Waals surface area contributed by atoms with Gasteiger partial charge in [0, 0.05) is 60.8 Å². The Hall–Kier alpha value is -3.11. The normalized spacial score (nSPS) is 15.1. The number of anilines is 1. The van der Waals surface area contributed by atoms with Crippen LogP contribution in [0.4, 0.5) is 5.69 Å². The average Bonchev–Trinajstić information content (AvgIpc) is 3.18. The molecule has 4 nitrogen and oxygen atoms in total. The van der Waals surface area contributed by atoms with E-state index in [1.165, 1.54) is 27.9 Å². The standard InChI is InChI=1S/C26H27N4/c1-18-13-21(14-19(2)25(18)30-11-9-29(3)10-12-30)22-15-23-24(17-28-26(23)27-16-22)20-7-5-4-6-8-20/h4-5,7-8,13-17H,9-12H2,1-3H3,(H,27,28). The van der Waals surface area contributed by atoms with E-state index >= 15 is 0 Å². The summed E-state index contributed by atoms with van der Waals surface area (Å²) in [6, 6.07) is 18.1. The molecule has 0 amide bonds. The maximum absolute atomic E-state index is 4.70. The van der Waals surface area contributed by atoms with Crippen LogP contribution in [-0.2, 0) is 0 Å². The van der Waals surface area contributed by atoms with Crippen molar-refractivity contribution in [3.05, 3.63) is 72.1 Å². The third-order valence-electron chi connectivity index (χ3n) is 6.19. The fraction of sp³-hybridized carbons (Fsp3) is 0.269. The number of piperazine rings is 1. The Balaban J connectivity index is 1.54. The number of rotatable bonds is 3. The summed E-state index contributed by atoms with van der Waals surface area (Å²) in [7, 11) is 2.20. The minimum absolute atomic E-state index is 0.917. The topological polar surface area (TPSA) is 35.2 Å². The second-order valence-corrected chi connectivity index (χ2v) is 8.36. The molecule has 3 heterocycles. The molecule has 0 aliphatic carbocycles. The smallest absolute Gasteiger partial charge is 0.137 e. The Bertz CT molecular complexity index is 1160. The highest BCUT2D eigenvalue weighted by Crippen LogP contribution is 2.34. The van der Waals surface area contributed by atoms with E-state index in [1.54, 1.807) is 0 Å². The van der Waals surface area contributed by atoms with Gasteiger partial charge in [0.1, 0.15) is 5.65 Å². The van der Waals surface area contributed by atoms with E-state index in [0.29, 0.717) is 0 Å². The van der Waals surface area contributed by atoms with Crippen LogP contribution in [-0.4, -0.2) is 48.1 Å². The number of pyridine rings is 1. The van der Waals surface area contributed by atoms with E-state index in [0.717, 1.165) is 48.3 Å². The SMILES string of the molecule is Cc1cc(-c2cnc3[nH]cc(-c4c[c]ccc4)c3c2)cc(C)c1N1CCN(C)CC1. The average molecular weight is 396 g/mol. The van der Waals surface area contributed by atoms with Crippen LogP contribution in [0.1, 0.15) is 11.1 Å². The van der Waals surface area contributed by atoms with Gasteiger partial charge < -0.3 is 14.8 Å². The van der Waals surface area contributed by atoms with Gasteiger partial charge in [0.15, 0.2) is 0 Å². The molecule has 0 spiro atoms. The number of hydrogen-bond acceptors (Lipinski definition) is 3. The molecule has 1 saturated heterocycles. The van der Waals surface area contributed by atoms with Crippen LogP contribution in [0, 0.1) is 19.9 Å². The monoisotopic (exact) mass is 395 g/mol. The minimum Gasteiger partial charge on any atom is -0.369 e. The van der Waals surface area contributed by atoms with Gasteiger partial charge in [-0.25, -0.2) is 4.98 Å². The molecule has 1 fully saturated rings. The van der Waals surface area contributed by atoms with Crippen LogP contribution >= 0.6 is 0 Å². The van der Waals surface area contributed by atoms with Crippen molar-refractivity contribution in [3.8, 4) is 22.3 Å². The van der Waals surface area contributed by atoms with Crippen LogP contribution in [0.5, 0.6) is 0 Å². The summed E-state index contributed by atoms with van der Waals surface area (Å²) in [4.78, 5) is 12.9. The maximum Gasteiger partial charge on any atom is 0.137 e. The first-order valence-electron chi connectivity index (χ1n) is 10.6. The van der Waals surface area contributed by atoms with E-state index in [4.69, 9.17) is 4.98 Å². The van der Waals surface area contributed by atoms with Gasteiger partial charge >= 0.3 is 0 Å². The fourth-order valence-corrected chi connectivity index (χ4v) is 4.61. The van der Waals surface area contributed by atoms with Gasteiger partial charge in [0.2, 0.25) is 0 Å². The van der Waals surface area contributed by atoms with Crippen molar-refractivity contribution < 1.29 is 0 Å². The molecule has 30 heavy (non-hydrogen) atoms. The molecule has 1 aliphatic heterocycles. The van der Waals surface area contributed by atoms with E-state index in [1.807, 2.05) is 30.6 Å². The predicted octanol–water partition coefficient (Wildman–Crippen LogP) is 5.07. The highest BCUT2D eigenvalue weighted by atomic mass is 15.2. The summed E-state index contributed by atoms with van der Waals surface area (Å²) in [5.41, 5.74) is 9.67. The molecule has 2 aromatic heterocycles. The number of fused-ring (bicyclic) bond motifs is 1. The number of nitrogens with zero attached hydrogens (tertiary/aromatic N) is 3. The summed E-state index contributed by atoms with van der Waals surface area (Å²) in [5.74, 6) is 0. The van der Waals surface area contributed by atoms with E-state index in [-0.39, 0.29) is 0 Å². The fourth-order valence-electron chi connectivity index (χ4n) is 4.61. The maximum atomic E-state index is 4.70. The second-order valence-electron chi connectivity index (χ2n) is 8.36. The summed E-state index contributed by atoms with van der Waals surface area (Å²) in [6.07, 6.45) is 4.01. The second kappa shape index (κ2) is 7.62. The Labute approximate surface area is 178 Å². The van der Waals surface area contributed by atoms with E-state index < -0.39 is 0 Å². The first kappa shape index (κ1) is 18.9. The highest BCUT2D eigenvalue weighted by Gasteiger charge is 2.19. The molecule has 0 saturated carbocycles. The van der Waals surface area contributed by atoms with Crippen molar-refractivity contribution >= 4 is 16.7 Å². The Morgan fingerprint density at radius 1 is 0.967 bits per heavy atom. The van der Waals surface area contributed by atoms with Gasteiger partial charge in [-0.05, 0) is 73.5 Å². The summed E-state index contributed by atoms with van der Waals surface area (Å²) in [6.45, 7) is 8.88. The molecule has 4 aromatic rings. The van der Waals surface area contributed by atoms with Crippen molar-refractivity contribution in [2.75, 3.05) is 38.1 Å². The quantitative estimate of drug-likeness (QED) is 0.526. The van der Waals surface area contributed by atoms with Crippen LogP contribution in [0.2, 0.25) is 0 Å². The zero-order valence-corrected chi connectivity index (χ0v) is 17.9. The van der Waals surface area contributed by atoms with Gasteiger partial charge in [-0.2, -0.15) is 0 Å². The van der Waals surface area contributed by atoms with Crippen molar-refractivity contribution in [3.63, 3.8) is 0 Å². The number of likely N-dealkylation sites (N-methyl/N-ethyl adjacent to an activating group) is 1. The van der Waals surface area contributed by atoms with Crippen LogP contribution < -0.4 is 4.90 Å². The summed E-state index contributed by atoms with van der Waals surface area (Å²) < 4.78 is 0. The summed E-state index contributed by atoms with van der Waals surface area (Å²) >= 11 is 0. The molecule has 151 valence electrons. The van der Waals surface area contributed by atoms with E-state index in [2.05, 4.69) is 66.0 Å². The lowest BCUT2D eigenvalue weighted by Gasteiger charge is -2.36. The number of benzene rings is 2. The van der Waals surface area contributed by atoms with Crippen LogP contribution in [0.15, 0.2) is 54.9 Å². The number of aromatic nitrogens is 2. The minimum atomic E-state index is 0.917. The zero-order chi connectivity index (χ0) is 20.7. The number of aryl methyl sites for hydroxylation is 2. The third kappa shape index (κ3) is 3.37. The van der Waals surface area contributed by atoms with Gasteiger partial charge in [0.25, 0.3) is 0 Å². The number of nitrogens with one attached hydrogen (secondary N) is 1. The number of aromatic amines is 1. The van der Waals surface area contributed by atoms with Gasteiger partial charge in [-0.3, -0.25) is 0 Å². The van der Waals surface area contributed by atoms with Crippen molar-refractivity contribution in [2.24, 2.45) is 0 Å². The molecule has 5 rings (SSSR count). The number of H-pyrrole nitrogens is 1. The molecule has 0 unspecified atom stereocenters. The Morgan fingerprint density at radius 3 is 2.43 bits per heavy atom. The lowest BCUT2D eigenvalue weighted by Crippen LogP contribution is -2.45. The van der Waals surface area contributed by atoms with Crippen molar-refractivity contribution in [1.29, 1.82) is 0 Å². The largest absolute Gasteiger partial charge is 0.369 e. The molecule has 1 N–H and O–H groups in total. The lowest BCUT2D eigenvalue weighted by molar-refractivity contribution is 0.312. The van der Waals surface area contributed by atoms with Crippen molar-refractivity contribution in [2.45, 2.75) is 13.8 Å². The predicted molar refractivity (Wildman–Crippen MR) is 125 cm³/mol. The number of hydrogen-bond donors (Lipinski definition) is 1. The van der Waals surface area contributed by atoms with E-state index in [9.17, 15) is 0 Å². The Morgan fingerprint density at radius 2 is 1.73 bits per heavy atom.